The van der Waals surface area contributed by atoms with Gasteiger partial charge in [0.05, 0.1) is 0 Å². The first-order valence-electron chi connectivity index (χ1n) is 20.1. The molecule has 0 bridgehead atoms. The summed E-state index contributed by atoms with van der Waals surface area (Å²) in [5.74, 6) is 3.57. The molecule has 56 heavy (non-hydrogen) atoms. The molecule has 0 spiro atoms. The van der Waals surface area contributed by atoms with E-state index >= 15 is 0 Å². The molecule has 6 heteroatoms. The van der Waals surface area contributed by atoms with Gasteiger partial charge in [-0.1, -0.05) is 0 Å². The van der Waals surface area contributed by atoms with Gasteiger partial charge in [-0.2, -0.15) is 0 Å². The van der Waals surface area contributed by atoms with Gasteiger partial charge in [-0.3, -0.25) is 0 Å². The topological polar surface area (TPSA) is 26.3 Å². The van der Waals surface area contributed by atoms with Crippen LogP contribution >= 0.6 is 17.0 Å². The minimum absolute atomic E-state index is 0.220. The molecule has 0 saturated heterocycles. The molecule has 2 unspecified atom stereocenters. The van der Waals surface area contributed by atoms with E-state index in [-0.39, 0.29) is 7.25 Å². The first kappa shape index (κ1) is 39.4. The molecule has 0 N–H and O–H groups in total. The van der Waals surface area contributed by atoms with Gasteiger partial charge >= 0.3 is 344 Å². The second kappa shape index (κ2) is 14.5. The first-order valence-corrected chi connectivity index (χ1v) is 35.4. The molecule has 2 aromatic heterocycles. The van der Waals surface area contributed by atoms with Crippen molar-refractivity contribution in [2.24, 2.45) is 0 Å². The number of halogens is 2. The van der Waals surface area contributed by atoms with Crippen molar-refractivity contribution in [1.29, 1.82) is 0 Å². The maximum absolute atomic E-state index is 9.01. The van der Waals surface area contributed by atoms with E-state index in [4.69, 9.17) is 25.9 Å². The average Bonchev–Trinajstić information content (AvgIpc) is 3.94. The number of fused-ring (bicyclic) bond motifs is 2. The standard InChI is InChI=1S/2C24H23O.C2H6Si.2ClH.Zr/c2*1-5-18-7-6-8-20(12-18)24-15(2)9-10-19-13-21(14-22(19)24)23-11-16(3)17(4)25-23;1-3-2;;;/h2*6-14H,5H2,1-4H3;1-2H3;2*1H;/q;;;;;+2/p-2. The molecule has 0 aliphatic heterocycles. The molecule has 0 radical (unpaired) electrons. The number of allylic oxidation sites excluding steroid dienone is 2. The molecule has 2 aliphatic rings. The third-order valence-corrected chi connectivity index (χ3v) is 59.2. The summed E-state index contributed by atoms with van der Waals surface area (Å²) < 4.78 is 12.9. The molecule has 2 heterocycles. The number of hydrogen-bond donors (Lipinski definition) is 0. The second-order valence-corrected chi connectivity index (χ2v) is 55.3. The number of aryl methyl sites for hydroxylation is 8. The summed E-state index contributed by atoms with van der Waals surface area (Å²) in [5, 5.41) is 0. The Balaban J connectivity index is 1.47. The van der Waals surface area contributed by atoms with Gasteiger partial charge in [0.2, 0.25) is 0 Å². The van der Waals surface area contributed by atoms with E-state index in [2.05, 4.69) is 166 Å². The zero-order valence-electron chi connectivity index (χ0n) is 34.4. The van der Waals surface area contributed by atoms with Gasteiger partial charge in [0.25, 0.3) is 0 Å². The number of benzene rings is 4. The Morgan fingerprint density at radius 1 is 0.554 bits per heavy atom. The van der Waals surface area contributed by atoms with Gasteiger partial charge in [-0.15, -0.1) is 0 Å². The van der Waals surface area contributed by atoms with Crippen LogP contribution in [0.25, 0.3) is 45.6 Å². The fraction of sp³-hybridized carbons (Fsp3) is 0.280. The van der Waals surface area contributed by atoms with Crippen molar-refractivity contribution >= 4 is 45.8 Å². The van der Waals surface area contributed by atoms with Crippen molar-refractivity contribution in [3.8, 4) is 22.3 Å². The summed E-state index contributed by atoms with van der Waals surface area (Å²) in [4.78, 5) is 0. The second-order valence-electron chi connectivity index (χ2n) is 16.5. The van der Waals surface area contributed by atoms with E-state index < -0.39 is 20.4 Å². The molecule has 6 aromatic rings. The zero-order valence-corrected chi connectivity index (χ0v) is 39.3. The summed E-state index contributed by atoms with van der Waals surface area (Å²) in [5.41, 5.74) is 18.0. The van der Waals surface area contributed by atoms with E-state index in [1.54, 1.807) is 0 Å². The van der Waals surface area contributed by atoms with Crippen LogP contribution in [-0.4, -0.2) is 5.43 Å². The predicted octanol–water partition coefficient (Wildman–Crippen LogP) is 15.3. The third-order valence-electron chi connectivity index (χ3n) is 13.0. The molecule has 4 aromatic carbocycles. The molecule has 2 atom stereocenters. The van der Waals surface area contributed by atoms with Crippen molar-refractivity contribution in [1.82, 2.24) is 0 Å². The van der Waals surface area contributed by atoms with Crippen LogP contribution in [-0.2, 0) is 27.9 Å². The summed E-state index contributed by atoms with van der Waals surface area (Å²) in [7, 11) is 18.0. The van der Waals surface area contributed by atoms with Gasteiger partial charge in [-0.25, -0.2) is 0 Å². The maximum atomic E-state index is 9.01. The van der Waals surface area contributed by atoms with Gasteiger partial charge in [0.1, 0.15) is 0 Å². The molecule has 286 valence electrons. The predicted molar refractivity (Wildman–Crippen MR) is 239 cm³/mol. The Kier molecular flexibility index (Phi) is 10.2. The average molecular weight is 875 g/mol. The summed E-state index contributed by atoms with van der Waals surface area (Å²) >= 11 is -5.40. The Morgan fingerprint density at radius 2 is 0.964 bits per heavy atom. The van der Waals surface area contributed by atoms with E-state index in [9.17, 15) is 0 Å². The van der Waals surface area contributed by atoms with Crippen LogP contribution in [0, 0.1) is 41.5 Å². The van der Waals surface area contributed by atoms with E-state index in [0.29, 0.717) is 0 Å². The van der Waals surface area contributed by atoms with Crippen LogP contribution in [0.1, 0.15) is 99.8 Å². The van der Waals surface area contributed by atoms with Crippen LogP contribution in [0.3, 0.4) is 0 Å². The van der Waals surface area contributed by atoms with Crippen LogP contribution < -0.4 is 0 Å². The Bertz CT molecular complexity index is 2510. The van der Waals surface area contributed by atoms with Gasteiger partial charge < -0.3 is 0 Å². The first-order chi connectivity index (χ1) is 26.6. The fourth-order valence-corrected chi connectivity index (χ4v) is 37.2. The SMILES string of the molecule is CCc1cccc(-c2c(C)ccc3c2C=C(c2cc(C)c(C)o2)[CH]3[Zr]([Cl])([Cl])([CH]2C(c3cc(C)c(C)o3)=Cc3c2ccc(C)c3-c2cccc(CC)c2)=[Si](C)C)c1. The normalized spacial score (nSPS) is 16.5. The Hall–Kier alpha value is -3.40. The fourth-order valence-electron chi connectivity index (χ4n) is 9.52. The van der Waals surface area contributed by atoms with Gasteiger partial charge in [0, 0.05) is 0 Å². The number of furan rings is 2. The monoisotopic (exact) mass is 872 g/mol. The van der Waals surface area contributed by atoms with Crippen LogP contribution in [0.15, 0.2) is 93.8 Å². The molecule has 2 nitrogen and oxygen atoms in total. The number of rotatable bonds is 8. The minimum atomic E-state index is -5.40. The third kappa shape index (κ3) is 6.12. The van der Waals surface area contributed by atoms with Crippen LogP contribution in [0.4, 0.5) is 0 Å². The molecule has 2 aliphatic carbocycles. The zero-order chi connectivity index (χ0) is 39.9. The molecule has 8 rings (SSSR count). The van der Waals surface area contributed by atoms with E-state index in [1.807, 2.05) is 0 Å². The Morgan fingerprint density at radius 3 is 1.30 bits per heavy atom. The van der Waals surface area contributed by atoms with Crippen LogP contribution in [0.5, 0.6) is 0 Å². The molecular weight excluding hydrogens is 823 g/mol. The van der Waals surface area contributed by atoms with Crippen molar-refractivity contribution in [2.45, 2.75) is 88.6 Å². The number of hydrogen-bond acceptors (Lipinski definition) is 2. The molecule has 0 saturated carbocycles. The van der Waals surface area contributed by atoms with Crippen molar-refractivity contribution in [3.05, 3.63) is 164 Å². The quantitative estimate of drug-likeness (QED) is 0.142. The summed E-state index contributed by atoms with van der Waals surface area (Å²) in [6.45, 7) is 22.0. The van der Waals surface area contributed by atoms with Crippen molar-refractivity contribution in [2.75, 3.05) is 0 Å². The van der Waals surface area contributed by atoms with Gasteiger partial charge in [0.15, 0.2) is 0 Å². The summed E-state index contributed by atoms with van der Waals surface area (Å²) in [6, 6.07) is 31.6. The van der Waals surface area contributed by atoms with E-state index in [1.165, 1.54) is 66.8 Å². The van der Waals surface area contributed by atoms with E-state index in [0.717, 1.165) is 58.2 Å². The van der Waals surface area contributed by atoms with Crippen molar-refractivity contribution < 1.29 is 23.8 Å². The molecular formula is C50H52Cl2O2SiZr. The Labute approximate surface area is 341 Å². The van der Waals surface area contributed by atoms with Crippen LogP contribution in [0.2, 0.25) is 13.1 Å². The molecule has 0 amide bonds. The summed E-state index contributed by atoms with van der Waals surface area (Å²) in [6.07, 6.45) is 6.73. The van der Waals surface area contributed by atoms with Gasteiger partial charge in [-0.05, 0) is 0 Å². The van der Waals surface area contributed by atoms with Crippen molar-refractivity contribution in [3.63, 3.8) is 0 Å². The molecule has 0 fully saturated rings.